The summed E-state index contributed by atoms with van der Waals surface area (Å²) in [6, 6.07) is 1.89. The summed E-state index contributed by atoms with van der Waals surface area (Å²) < 4.78 is 0. The van der Waals surface area contributed by atoms with Crippen molar-refractivity contribution in [2.75, 3.05) is 17.6 Å². The molecule has 4 nitrogen and oxygen atoms in total. The molecule has 0 aromatic carbocycles. The van der Waals surface area contributed by atoms with E-state index in [9.17, 15) is 10.2 Å². The molecule has 3 N–H and O–H groups in total. The third-order valence-electron chi connectivity index (χ3n) is 2.57. The summed E-state index contributed by atoms with van der Waals surface area (Å²) in [5, 5.41) is 22.4. The molecule has 1 aliphatic rings. The van der Waals surface area contributed by atoms with Gasteiger partial charge < -0.3 is 15.5 Å². The van der Waals surface area contributed by atoms with Crippen LogP contribution in [0.15, 0.2) is 12.3 Å². The lowest BCUT2D eigenvalue weighted by Crippen LogP contribution is -2.20. The molecule has 2 heterocycles. The van der Waals surface area contributed by atoms with E-state index < -0.39 is 12.2 Å². The maximum Gasteiger partial charge on any atom is 0.129 e. The highest BCUT2D eigenvalue weighted by atomic mass is 32.1. The van der Waals surface area contributed by atoms with Gasteiger partial charge in [-0.1, -0.05) is 0 Å². The van der Waals surface area contributed by atoms with E-state index in [1.165, 1.54) is 0 Å². The van der Waals surface area contributed by atoms with E-state index in [0.717, 1.165) is 24.3 Å². The Morgan fingerprint density at radius 2 is 2.33 bits per heavy atom. The predicted octanol–water partition coefficient (Wildman–Crippen LogP) is 0.374. The van der Waals surface area contributed by atoms with Crippen LogP contribution in [-0.2, 0) is 6.42 Å². The normalized spacial score (nSPS) is 18.1. The lowest BCUT2D eigenvalue weighted by atomic mass is 10.0. The maximum absolute atomic E-state index is 9.76. The topological polar surface area (TPSA) is 65.4 Å². The molecule has 2 rings (SSSR count). The van der Waals surface area contributed by atoms with Gasteiger partial charge in [-0.15, -0.1) is 0 Å². The second-order valence-electron chi connectivity index (χ2n) is 3.65. The zero-order valence-corrected chi connectivity index (χ0v) is 9.11. The molecule has 2 unspecified atom stereocenters. The SMILES string of the molecule is OC(CS)C(O)c1cnc2c(c1)CCN2. The van der Waals surface area contributed by atoms with Crippen molar-refractivity contribution in [1.82, 2.24) is 4.98 Å². The van der Waals surface area contributed by atoms with E-state index in [0.29, 0.717) is 5.56 Å². The first-order chi connectivity index (χ1) is 7.22. The van der Waals surface area contributed by atoms with Crippen LogP contribution >= 0.6 is 12.6 Å². The molecule has 15 heavy (non-hydrogen) atoms. The number of anilines is 1. The molecule has 0 aliphatic carbocycles. The van der Waals surface area contributed by atoms with Gasteiger partial charge in [0.15, 0.2) is 0 Å². The molecule has 0 fully saturated rings. The summed E-state index contributed by atoms with van der Waals surface area (Å²) in [5.41, 5.74) is 1.75. The highest BCUT2D eigenvalue weighted by molar-refractivity contribution is 7.80. The standard InChI is InChI=1S/C10H14N2O2S/c13-8(5-15)9(14)7-3-6-1-2-11-10(6)12-4-7/h3-4,8-9,13-15H,1-2,5H2,(H,11,12). The van der Waals surface area contributed by atoms with Gasteiger partial charge in [0.25, 0.3) is 0 Å². The largest absolute Gasteiger partial charge is 0.389 e. The molecular weight excluding hydrogens is 212 g/mol. The number of nitrogens with one attached hydrogen (secondary N) is 1. The third kappa shape index (κ3) is 2.09. The summed E-state index contributed by atoms with van der Waals surface area (Å²) in [6.07, 6.45) is 0.761. The number of hydrogen-bond donors (Lipinski definition) is 4. The molecule has 1 aliphatic heterocycles. The van der Waals surface area contributed by atoms with Crippen molar-refractivity contribution >= 4 is 18.4 Å². The lowest BCUT2D eigenvalue weighted by Gasteiger charge is -2.16. The summed E-state index contributed by atoms with van der Waals surface area (Å²) in [4.78, 5) is 4.19. The lowest BCUT2D eigenvalue weighted by molar-refractivity contribution is 0.0335. The number of aliphatic hydroxyl groups is 2. The number of fused-ring (bicyclic) bond motifs is 1. The van der Waals surface area contributed by atoms with Crippen LogP contribution in [0.5, 0.6) is 0 Å². The van der Waals surface area contributed by atoms with Crippen LogP contribution in [0, 0.1) is 0 Å². The first-order valence-electron chi connectivity index (χ1n) is 4.92. The van der Waals surface area contributed by atoms with Gasteiger partial charge in [0.2, 0.25) is 0 Å². The fourth-order valence-electron chi connectivity index (χ4n) is 1.68. The van der Waals surface area contributed by atoms with Gasteiger partial charge in [0.1, 0.15) is 11.9 Å². The molecule has 0 bridgehead atoms. The smallest absolute Gasteiger partial charge is 0.129 e. The van der Waals surface area contributed by atoms with Gasteiger partial charge in [0.05, 0.1) is 6.10 Å². The van der Waals surface area contributed by atoms with Crippen LogP contribution in [0.3, 0.4) is 0 Å². The van der Waals surface area contributed by atoms with E-state index in [1.807, 2.05) is 6.07 Å². The first-order valence-corrected chi connectivity index (χ1v) is 5.55. The first kappa shape index (κ1) is 10.7. The fourth-order valence-corrected chi connectivity index (χ4v) is 1.88. The molecule has 5 heteroatoms. The van der Waals surface area contributed by atoms with Crippen molar-refractivity contribution in [3.63, 3.8) is 0 Å². The Balaban J connectivity index is 2.22. The summed E-state index contributed by atoms with van der Waals surface area (Å²) in [7, 11) is 0. The van der Waals surface area contributed by atoms with E-state index >= 15 is 0 Å². The van der Waals surface area contributed by atoms with Crippen LogP contribution in [-0.4, -0.2) is 33.6 Å². The van der Waals surface area contributed by atoms with E-state index in [1.54, 1.807) is 6.20 Å². The van der Waals surface area contributed by atoms with Gasteiger partial charge in [-0.25, -0.2) is 4.98 Å². The second kappa shape index (κ2) is 4.38. The zero-order valence-electron chi connectivity index (χ0n) is 8.22. The molecule has 0 spiro atoms. The van der Waals surface area contributed by atoms with Gasteiger partial charge in [-0.3, -0.25) is 0 Å². The summed E-state index contributed by atoms with van der Waals surface area (Å²) >= 11 is 3.94. The molecule has 1 aromatic heterocycles. The molecule has 0 saturated carbocycles. The highest BCUT2D eigenvalue weighted by Crippen LogP contribution is 2.24. The van der Waals surface area contributed by atoms with Gasteiger partial charge in [-0.05, 0) is 18.1 Å². The second-order valence-corrected chi connectivity index (χ2v) is 4.01. The molecule has 0 saturated heterocycles. The Hall–Kier alpha value is -0.780. The van der Waals surface area contributed by atoms with Crippen LogP contribution in [0.4, 0.5) is 5.82 Å². The molecule has 0 amide bonds. The third-order valence-corrected chi connectivity index (χ3v) is 2.94. The monoisotopic (exact) mass is 226 g/mol. The van der Waals surface area contributed by atoms with Crippen LogP contribution in [0.1, 0.15) is 17.2 Å². The van der Waals surface area contributed by atoms with Gasteiger partial charge in [0, 0.05) is 24.1 Å². The maximum atomic E-state index is 9.76. The number of pyridine rings is 1. The quantitative estimate of drug-likeness (QED) is 0.562. The van der Waals surface area contributed by atoms with Crippen LogP contribution < -0.4 is 5.32 Å². The highest BCUT2D eigenvalue weighted by Gasteiger charge is 2.20. The number of thiol groups is 1. The zero-order chi connectivity index (χ0) is 10.8. The van der Waals surface area contributed by atoms with Crippen molar-refractivity contribution in [3.8, 4) is 0 Å². The Labute approximate surface area is 93.8 Å². The molecule has 2 atom stereocenters. The minimum Gasteiger partial charge on any atom is -0.389 e. The number of hydrogen-bond acceptors (Lipinski definition) is 5. The number of aliphatic hydroxyl groups excluding tert-OH is 2. The molecular formula is C10H14N2O2S. The van der Waals surface area contributed by atoms with E-state index in [4.69, 9.17) is 0 Å². The van der Waals surface area contributed by atoms with Crippen LogP contribution in [0.25, 0.3) is 0 Å². The Morgan fingerprint density at radius 3 is 3.07 bits per heavy atom. The van der Waals surface area contributed by atoms with E-state index in [2.05, 4.69) is 22.9 Å². The average molecular weight is 226 g/mol. The Morgan fingerprint density at radius 1 is 1.53 bits per heavy atom. The van der Waals surface area contributed by atoms with Crippen molar-refractivity contribution in [1.29, 1.82) is 0 Å². The van der Waals surface area contributed by atoms with Crippen molar-refractivity contribution < 1.29 is 10.2 Å². The Kier molecular flexibility index (Phi) is 3.14. The molecule has 1 aromatic rings. The van der Waals surface area contributed by atoms with Crippen LogP contribution in [0.2, 0.25) is 0 Å². The van der Waals surface area contributed by atoms with Gasteiger partial charge >= 0.3 is 0 Å². The summed E-state index contributed by atoms with van der Waals surface area (Å²) in [6.45, 7) is 0.886. The average Bonchev–Trinajstić information content (AvgIpc) is 2.73. The minimum atomic E-state index is -0.902. The van der Waals surface area contributed by atoms with Gasteiger partial charge in [-0.2, -0.15) is 12.6 Å². The molecule has 0 radical (unpaired) electrons. The number of aromatic nitrogens is 1. The van der Waals surface area contributed by atoms with Crippen molar-refractivity contribution in [2.24, 2.45) is 0 Å². The molecule has 82 valence electrons. The number of nitrogens with zero attached hydrogens (tertiary/aromatic N) is 1. The fraction of sp³-hybridized carbons (Fsp3) is 0.500. The Bertz CT molecular complexity index is 359. The van der Waals surface area contributed by atoms with Crippen molar-refractivity contribution in [3.05, 3.63) is 23.4 Å². The minimum absolute atomic E-state index is 0.233. The number of rotatable bonds is 3. The predicted molar refractivity (Wildman–Crippen MR) is 61.3 cm³/mol. The summed E-state index contributed by atoms with van der Waals surface area (Å²) in [5.74, 6) is 1.11. The van der Waals surface area contributed by atoms with E-state index in [-0.39, 0.29) is 5.75 Å². The van der Waals surface area contributed by atoms with Crippen molar-refractivity contribution in [2.45, 2.75) is 18.6 Å².